The number of ether oxygens (including phenoxy) is 1. The molecule has 0 aliphatic rings. The Morgan fingerprint density at radius 3 is 1.92 bits per heavy atom. The van der Waals surface area contributed by atoms with Crippen LogP contribution in [0.5, 0.6) is 0 Å². The van der Waals surface area contributed by atoms with Crippen LogP contribution >= 0.6 is 0 Å². The van der Waals surface area contributed by atoms with Crippen molar-refractivity contribution in [3.63, 3.8) is 0 Å². The van der Waals surface area contributed by atoms with Gasteiger partial charge in [0.05, 0.1) is 25.7 Å². The van der Waals surface area contributed by atoms with Gasteiger partial charge in [-0.2, -0.15) is 0 Å². The van der Waals surface area contributed by atoms with Crippen molar-refractivity contribution in [2.24, 2.45) is 0 Å². The van der Waals surface area contributed by atoms with E-state index < -0.39 is 49.4 Å². The summed E-state index contributed by atoms with van der Waals surface area (Å²) in [6, 6.07) is 0. The molecule has 24 heavy (non-hydrogen) atoms. The fraction of sp³-hybridized carbons (Fsp3) is 0.714. The van der Waals surface area contributed by atoms with Crippen LogP contribution in [-0.4, -0.2) is 52.1 Å². The number of unbranched alkanes of at least 4 members (excludes halogenated alkanes) is 2. The summed E-state index contributed by atoms with van der Waals surface area (Å²) in [5, 5.41) is 25.6. The molecule has 0 fully saturated rings. The van der Waals surface area contributed by atoms with Gasteiger partial charge in [-0.05, 0) is 12.8 Å². The number of carbonyl (C=O) groups excluding carboxylic acids is 2. The number of aliphatic carboxylic acids is 2. The van der Waals surface area contributed by atoms with E-state index in [-0.39, 0.29) is 19.4 Å². The van der Waals surface area contributed by atoms with Gasteiger partial charge < -0.3 is 20.1 Å². The van der Waals surface area contributed by atoms with Crippen molar-refractivity contribution in [3.05, 3.63) is 0 Å². The molecule has 10 nitrogen and oxygen atoms in total. The zero-order chi connectivity index (χ0) is 18.4. The summed E-state index contributed by atoms with van der Waals surface area (Å²) >= 11 is 0. The highest BCUT2D eigenvalue weighted by Gasteiger charge is 2.19. The molecule has 1 unspecified atom stereocenters. The Balaban J connectivity index is 4.29. The van der Waals surface area contributed by atoms with Crippen molar-refractivity contribution in [3.8, 4) is 0 Å². The van der Waals surface area contributed by atoms with Gasteiger partial charge in [-0.1, -0.05) is 6.42 Å². The first-order valence-electron chi connectivity index (χ1n) is 7.45. The number of carboxylic acid groups (broad SMARTS) is 2. The maximum absolute atomic E-state index is 11.5. The molecule has 0 saturated carbocycles. The summed E-state index contributed by atoms with van der Waals surface area (Å²) < 4.78 is 4.88. The van der Waals surface area contributed by atoms with Crippen molar-refractivity contribution in [2.75, 3.05) is 6.61 Å². The lowest BCUT2D eigenvalue weighted by molar-refractivity contribution is -0.345. The molecular weight excluding hydrogens is 328 g/mol. The summed E-state index contributed by atoms with van der Waals surface area (Å²) in [4.78, 5) is 52.6. The van der Waals surface area contributed by atoms with Crippen LogP contribution in [0.4, 0.5) is 0 Å². The van der Waals surface area contributed by atoms with E-state index in [1.807, 2.05) is 0 Å². The zero-order valence-corrected chi connectivity index (χ0v) is 13.1. The molecule has 3 N–H and O–H groups in total. The van der Waals surface area contributed by atoms with Crippen LogP contribution < -0.4 is 0 Å². The molecule has 0 saturated heterocycles. The van der Waals surface area contributed by atoms with E-state index in [9.17, 15) is 19.2 Å². The van der Waals surface area contributed by atoms with Gasteiger partial charge in [0, 0.05) is 13.0 Å². The lowest BCUT2D eigenvalue weighted by Gasteiger charge is -2.16. The monoisotopic (exact) mass is 350 g/mol. The average molecular weight is 350 g/mol. The van der Waals surface area contributed by atoms with E-state index in [4.69, 9.17) is 24.9 Å². The standard InChI is InChI=1S/C14H22O10/c15-9-3-1-2-4-14(22-12(20)7-5-10(16)17)24-23-13(21)8-6-11(18)19/h14-15H,1-9H2,(H,16,17)(H,18,19). The van der Waals surface area contributed by atoms with Gasteiger partial charge in [-0.15, -0.1) is 4.89 Å². The van der Waals surface area contributed by atoms with E-state index in [0.717, 1.165) is 0 Å². The third-order valence-electron chi connectivity index (χ3n) is 2.70. The van der Waals surface area contributed by atoms with E-state index >= 15 is 0 Å². The largest absolute Gasteiger partial charge is 0.481 e. The van der Waals surface area contributed by atoms with Gasteiger partial charge in [0.2, 0.25) is 6.29 Å². The van der Waals surface area contributed by atoms with E-state index in [0.29, 0.717) is 19.3 Å². The molecule has 0 amide bonds. The zero-order valence-electron chi connectivity index (χ0n) is 13.1. The summed E-state index contributed by atoms with van der Waals surface area (Å²) in [5.41, 5.74) is 0. The molecule has 0 aromatic carbocycles. The number of rotatable bonds is 14. The number of hydrogen-bond acceptors (Lipinski definition) is 8. The molecule has 0 aliphatic heterocycles. The summed E-state index contributed by atoms with van der Waals surface area (Å²) in [6.45, 7) is 0.00803. The summed E-state index contributed by atoms with van der Waals surface area (Å²) in [6.07, 6.45) is -0.989. The Bertz CT molecular complexity index is 420. The van der Waals surface area contributed by atoms with Gasteiger partial charge in [-0.25, -0.2) is 4.79 Å². The first kappa shape index (κ1) is 21.8. The number of esters is 1. The first-order valence-corrected chi connectivity index (χ1v) is 7.45. The minimum Gasteiger partial charge on any atom is -0.481 e. The van der Waals surface area contributed by atoms with E-state index in [1.165, 1.54) is 0 Å². The molecular formula is C14H22O10. The van der Waals surface area contributed by atoms with Crippen LogP contribution in [0, 0.1) is 0 Å². The Morgan fingerprint density at radius 2 is 1.38 bits per heavy atom. The quantitative estimate of drug-likeness (QED) is 0.133. The normalized spacial score (nSPS) is 11.5. The lowest BCUT2D eigenvalue weighted by Crippen LogP contribution is -2.24. The number of carbonyl (C=O) groups is 4. The summed E-state index contributed by atoms with van der Waals surface area (Å²) in [7, 11) is 0. The second kappa shape index (κ2) is 13.3. The van der Waals surface area contributed by atoms with Crippen LogP contribution in [0.3, 0.4) is 0 Å². The van der Waals surface area contributed by atoms with Crippen LogP contribution in [0.2, 0.25) is 0 Å². The predicted octanol–water partition coefficient (Wildman–Crippen LogP) is 0.613. The predicted molar refractivity (Wildman–Crippen MR) is 76.4 cm³/mol. The molecule has 0 rings (SSSR count). The Morgan fingerprint density at radius 1 is 0.792 bits per heavy atom. The molecule has 0 radical (unpaired) electrons. The molecule has 138 valence electrons. The topological polar surface area (TPSA) is 157 Å². The van der Waals surface area contributed by atoms with Gasteiger partial charge in [0.15, 0.2) is 0 Å². The lowest BCUT2D eigenvalue weighted by atomic mass is 10.2. The van der Waals surface area contributed by atoms with Crippen molar-refractivity contribution in [1.29, 1.82) is 0 Å². The molecule has 10 heteroatoms. The van der Waals surface area contributed by atoms with E-state index in [1.54, 1.807) is 0 Å². The van der Waals surface area contributed by atoms with Crippen LogP contribution in [0.25, 0.3) is 0 Å². The van der Waals surface area contributed by atoms with Crippen LogP contribution in [0.15, 0.2) is 0 Å². The Labute approximate surface area is 138 Å². The minimum atomic E-state index is -1.22. The van der Waals surface area contributed by atoms with Crippen LogP contribution in [-0.2, 0) is 33.7 Å². The number of aliphatic hydroxyl groups excluding tert-OH is 1. The highest BCUT2D eigenvalue weighted by molar-refractivity contribution is 5.77. The van der Waals surface area contributed by atoms with Crippen molar-refractivity contribution in [2.45, 2.75) is 57.7 Å². The number of carboxylic acids is 2. The van der Waals surface area contributed by atoms with Crippen molar-refractivity contribution >= 4 is 23.9 Å². The number of aliphatic hydroxyl groups is 1. The highest BCUT2D eigenvalue weighted by Crippen LogP contribution is 2.11. The van der Waals surface area contributed by atoms with E-state index in [2.05, 4.69) is 4.89 Å². The first-order chi connectivity index (χ1) is 11.3. The SMILES string of the molecule is O=C(O)CCC(=O)OOC(CCCCCO)OC(=O)CCC(=O)O. The molecule has 0 heterocycles. The smallest absolute Gasteiger partial charge is 0.343 e. The van der Waals surface area contributed by atoms with Gasteiger partial charge in [0.1, 0.15) is 0 Å². The second-order valence-electron chi connectivity index (χ2n) is 4.83. The molecule has 0 aliphatic carbocycles. The Kier molecular flexibility index (Phi) is 12.0. The maximum atomic E-state index is 11.5. The van der Waals surface area contributed by atoms with Gasteiger partial charge in [-0.3, -0.25) is 19.3 Å². The van der Waals surface area contributed by atoms with Gasteiger partial charge >= 0.3 is 23.9 Å². The molecule has 1 atom stereocenters. The summed E-state index contributed by atoms with van der Waals surface area (Å²) in [5.74, 6) is -4.09. The second-order valence-corrected chi connectivity index (χ2v) is 4.83. The highest BCUT2D eigenvalue weighted by atomic mass is 17.2. The van der Waals surface area contributed by atoms with Crippen molar-refractivity contribution < 1.29 is 49.0 Å². The fourth-order valence-corrected chi connectivity index (χ4v) is 1.50. The van der Waals surface area contributed by atoms with Gasteiger partial charge in [0.25, 0.3) is 0 Å². The molecule has 0 aromatic rings. The number of hydrogen-bond donors (Lipinski definition) is 3. The minimum absolute atomic E-state index is 0.00803. The molecule has 0 aromatic heterocycles. The van der Waals surface area contributed by atoms with Crippen LogP contribution in [0.1, 0.15) is 51.4 Å². The van der Waals surface area contributed by atoms with Crippen molar-refractivity contribution in [1.82, 2.24) is 0 Å². The third kappa shape index (κ3) is 13.5. The maximum Gasteiger partial charge on any atom is 0.343 e. The fourth-order valence-electron chi connectivity index (χ4n) is 1.50. The Hall–Kier alpha value is -2.20. The average Bonchev–Trinajstić information content (AvgIpc) is 2.52. The molecule has 0 bridgehead atoms. The third-order valence-corrected chi connectivity index (χ3v) is 2.70. The molecule has 0 spiro atoms.